The van der Waals surface area contributed by atoms with Gasteiger partial charge in [0.2, 0.25) is 0 Å². The summed E-state index contributed by atoms with van der Waals surface area (Å²) in [4.78, 5) is 18.2. The van der Waals surface area contributed by atoms with Crippen molar-refractivity contribution in [3.63, 3.8) is 0 Å². The molecule has 0 aliphatic rings. The number of nitrogens with one attached hydrogen (secondary N) is 1. The van der Waals surface area contributed by atoms with Crippen LogP contribution in [0.3, 0.4) is 0 Å². The minimum Gasteiger partial charge on any atom is -0.497 e. The molecule has 0 radical (unpaired) electrons. The second-order valence-corrected chi connectivity index (χ2v) is 5.67. The number of aliphatic carboxylic acids is 2. The van der Waals surface area contributed by atoms with E-state index in [-0.39, 0.29) is 5.54 Å². The maximum atomic E-state index is 9.10. The predicted octanol–water partition coefficient (Wildman–Crippen LogP) is 2.01. The molecule has 0 saturated heterocycles. The van der Waals surface area contributed by atoms with Gasteiger partial charge >= 0.3 is 11.9 Å². The molecule has 1 rings (SSSR count). The van der Waals surface area contributed by atoms with Gasteiger partial charge in [0.15, 0.2) is 0 Å². The summed E-state index contributed by atoms with van der Waals surface area (Å²) in [6.45, 7) is 8.17. The summed E-state index contributed by atoms with van der Waals surface area (Å²) in [7, 11) is 1.66. The zero-order valence-electron chi connectivity index (χ0n) is 14.0. The van der Waals surface area contributed by atoms with Crippen molar-refractivity contribution in [2.75, 3.05) is 20.3 Å². The van der Waals surface area contributed by atoms with Crippen LogP contribution in [-0.4, -0.2) is 48.0 Å². The van der Waals surface area contributed by atoms with Crippen molar-refractivity contribution in [3.8, 4) is 11.5 Å². The van der Waals surface area contributed by atoms with Crippen LogP contribution in [-0.2, 0) is 9.59 Å². The highest BCUT2D eigenvalue weighted by Gasteiger charge is 2.07. The molecular weight excluding hydrogens is 302 g/mol. The van der Waals surface area contributed by atoms with Crippen molar-refractivity contribution in [2.45, 2.75) is 32.7 Å². The van der Waals surface area contributed by atoms with E-state index < -0.39 is 11.9 Å². The molecular formula is C16H25NO6. The van der Waals surface area contributed by atoms with Crippen molar-refractivity contribution in [3.05, 3.63) is 24.3 Å². The first-order chi connectivity index (χ1) is 10.7. The van der Waals surface area contributed by atoms with E-state index in [1.807, 2.05) is 24.3 Å². The first-order valence-corrected chi connectivity index (χ1v) is 7.14. The van der Waals surface area contributed by atoms with Gasteiger partial charge < -0.3 is 25.0 Å². The molecule has 0 aromatic heterocycles. The molecule has 0 bridgehead atoms. The summed E-state index contributed by atoms with van der Waals surface area (Å²) in [5.74, 6) is -1.96. The summed E-state index contributed by atoms with van der Waals surface area (Å²) in [5, 5.41) is 18.2. The lowest BCUT2D eigenvalue weighted by molar-refractivity contribution is -0.159. The van der Waals surface area contributed by atoms with Crippen LogP contribution >= 0.6 is 0 Å². The molecule has 130 valence electrons. The Labute approximate surface area is 136 Å². The van der Waals surface area contributed by atoms with E-state index in [1.165, 1.54) is 0 Å². The van der Waals surface area contributed by atoms with Gasteiger partial charge in [-0.3, -0.25) is 0 Å². The van der Waals surface area contributed by atoms with Gasteiger partial charge in [-0.25, -0.2) is 9.59 Å². The lowest BCUT2D eigenvalue weighted by atomic mass is 10.1. The molecule has 0 aliphatic carbocycles. The first-order valence-electron chi connectivity index (χ1n) is 7.14. The fourth-order valence-electron chi connectivity index (χ4n) is 1.42. The highest BCUT2D eigenvalue weighted by molar-refractivity contribution is 6.27. The highest BCUT2D eigenvalue weighted by Crippen LogP contribution is 2.18. The number of hydrogen-bond donors (Lipinski definition) is 3. The van der Waals surface area contributed by atoms with Crippen LogP contribution in [0.4, 0.5) is 0 Å². The molecule has 0 unspecified atom stereocenters. The lowest BCUT2D eigenvalue weighted by Gasteiger charge is -2.20. The number of carboxylic acids is 2. The molecule has 23 heavy (non-hydrogen) atoms. The van der Waals surface area contributed by atoms with Gasteiger partial charge in [-0.15, -0.1) is 0 Å². The summed E-state index contributed by atoms with van der Waals surface area (Å²) >= 11 is 0. The molecule has 0 atom stereocenters. The van der Waals surface area contributed by atoms with Crippen molar-refractivity contribution in [1.29, 1.82) is 0 Å². The third-order valence-electron chi connectivity index (χ3n) is 2.47. The highest BCUT2D eigenvalue weighted by atomic mass is 16.5. The largest absolute Gasteiger partial charge is 0.497 e. The van der Waals surface area contributed by atoms with Crippen molar-refractivity contribution < 1.29 is 29.3 Å². The van der Waals surface area contributed by atoms with Crippen molar-refractivity contribution in [1.82, 2.24) is 5.32 Å². The number of ether oxygens (including phenoxy) is 2. The van der Waals surface area contributed by atoms with Crippen LogP contribution in [0.25, 0.3) is 0 Å². The molecule has 3 N–H and O–H groups in total. The van der Waals surface area contributed by atoms with Gasteiger partial charge in [0, 0.05) is 11.6 Å². The summed E-state index contributed by atoms with van der Waals surface area (Å²) in [6.07, 6.45) is 0.995. The maximum absolute atomic E-state index is 9.10. The Hall–Kier alpha value is -2.28. The number of methoxy groups -OCH3 is 1. The molecule has 7 nitrogen and oxygen atoms in total. The number of carboxylic acid groups (broad SMARTS) is 2. The van der Waals surface area contributed by atoms with E-state index in [4.69, 9.17) is 29.3 Å². The second kappa shape index (κ2) is 10.4. The number of rotatable bonds is 6. The van der Waals surface area contributed by atoms with Crippen LogP contribution in [0.5, 0.6) is 11.5 Å². The van der Waals surface area contributed by atoms with E-state index in [2.05, 4.69) is 26.1 Å². The lowest BCUT2D eigenvalue weighted by Crippen LogP contribution is -2.36. The van der Waals surface area contributed by atoms with Gasteiger partial charge in [-0.1, -0.05) is 6.07 Å². The topological polar surface area (TPSA) is 105 Å². The molecule has 7 heteroatoms. The van der Waals surface area contributed by atoms with E-state index >= 15 is 0 Å². The standard InChI is InChI=1S/C14H23NO2.C2H2O4/c1-14(2,3)15-9-6-10-17-13-8-5-7-12(11-13)16-4;3-1(4)2(5)6/h5,7-8,11,15H,6,9-10H2,1-4H3;(H,3,4)(H,5,6). The Kier molecular flexibility index (Phi) is 9.41. The van der Waals surface area contributed by atoms with Crippen LogP contribution in [0.2, 0.25) is 0 Å². The van der Waals surface area contributed by atoms with Gasteiger partial charge in [0.25, 0.3) is 0 Å². The third-order valence-corrected chi connectivity index (χ3v) is 2.47. The van der Waals surface area contributed by atoms with E-state index in [9.17, 15) is 0 Å². The van der Waals surface area contributed by atoms with E-state index in [0.717, 1.165) is 31.1 Å². The van der Waals surface area contributed by atoms with Crippen molar-refractivity contribution >= 4 is 11.9 Å². The predicted molar refractivity (Wildman–Crippen MR) is 86.1 cm³/mol. The van der Waals surface area contributed by atoms with E-state index in [0.29, 0.717) is 0 Å². The fraction of sp³-hybridized carbons (Fsp3) is 0.500. The molecule has 0 aliphatic heterocycles. The summed E-state index contributed by atoms with van der Waals surface area (Å²) in [6, 6.07) is 7.69. The molecule has 0 fully saturated rings. The number of benzene rings is 1. The van der Waals surface area contributed by atoms with Crippen LogP contribution in [0, 0.1) is 0 Å². The van der Waals surface area contributed by atoms with Gasteiger partial charge in [0.1, 0.15) is 11.5 Å². The fourth-order valence-corrected chi connectivity index (χ4v) is 1.42. The van der Waals surface area contributed by atoms with Gasteiger partial charge in [-0.05, 0) is 45.9 Å². The quantitative estimate of drug-likeness (QED) is 0.542. The zero-order valence-corrected chi connectivity index (χ0v) is 14.0. The average molecular weight is 327 g/mol. The minimum atomic E-state index is -1.82. The molecule has 0 amide bonds. The van der Waals surface area contributed by atoms with Gasteiger partial charge in [0.05, 0.1) is 13.7 Å². The number of hydrogen-bond acceptors (Lipinski definition) is 5. The van der Waals surface area contributed by atoms with Gasteiger partial charge in [-0.2, -0.15) is 0 Å². The average Bonchev–Trinajstić information content (AvgIpc) is 2.46. The molecule has 0 spiro atoms. The summed E-state index contributed by atoms with van der Waals surface area (Å²) in [5.41, 5.74) is 0.177. The van der Waals surface area contributed by atoms with Crippen LogP contribution in [0.1, 0.15) is 27.2 Å². The monoisotopic (exact) mass is 327 g/mol. The maximum Gasteiger partial charge on any atom is 0.414 e. The molecule has 0 heterocycles. The molecule has 0 saturated carbocycles. The van der Waals surface area contributed by atoms with Crippen molar-refractivity contribution in [2.24, 2.45) is 0 Å². The Bertz CT molecular complexity index is 484. The van der Waals surface area contributed by atoms with Crippen LogP contribution < -0.4 is 14.8 Å². The molecule has 1 aromatic rings. The van der Waals surface area contributed by atoms with Crippen LogP contribution in [0.15, 0.2) is 24.3 Å². The molecule has 1 aromatic carbocycles. The third kappa shape index (κ3) is 12.0. The second-order valence-electron chi connectivity index (χ2n) is 5.67. The van der Waals surface area contributed by atoms with E-state index in [1.54, 1.807) is 7.11 Å². The minimum absolute atomic E-state index is 0.177. The smallest absolute Gasteiger partial charge is 0.414 e. The zero-order chi connectivity index (χ0) is 17.9. The number of carbonyl (C=O) groups is 2. The first kappa shape index (κ1) is 20.7. The SMILES string of the molecule is COc1cccc(OCCCNC(C)(C)C)c1.O=C(O)C(=O)O. The normalized spacial score (nSPS) is 10.3. The Morgan fingerprint density at radius 3 is 2.17 bits per heavy atom. The Morgan fingerprint density at radius 1 is 1.13 bits per heavy atom. The Balaban J connectivity index is 0.000000688. The summed E-state index contributed by atoms with van der Waals surface area (Å²) < 4.78 is 10.8. The Morgan fingerprint density at radius 2 is 1.70 bits per heavy atom.